The number of nitrogens with one attached hydrogen (secondary N) is 1. The molecule has 1 aromatic heterocycles. The molecule has 0 aliphatic carbocycles. The number of aliphatic hydroxyl groups is 1. The molecule has 0 bridgehead atoms. The molecule has 2 fully saturated rings. The van der Waals surface area contributed by atoms with Crippen molar-refractivity contribution < 1.29 is 27.9 Å². The number of β-amino-alcohol motifs (C(OH)–C–C–N with tert-alkyl or cyclic N) is 1. The highest BCUT2D eigenvalue weighted by atomic mass is 35.5. The van der Waals surface area contributed by atoms with Crippen LogP contribution in [0.1, 0.15) is 23.1 Å². The Morgan fingerprint density at radius 1 is 1.22 bits per heavy atom. The average molecular weight is 537 g/mol. The van der Waals surface area contributed by atoms with E-state index in [1.165, 1.54) is 21.7 Å². The SMILES string of the molecule is O=C1SC(=Cc2ccc3c(cnn3Cc3ccc(Cl)cc3C(F)(F)F)c2)C(=O)N1C[C@@H]1C[C@H](O)CN1. The minimum absolute atomic E-state index is 0.00236. The number of rotatable bonds is 5. The number of halogens is 4. The van der Waals surface area contributed by atoms with Gasteiger partial charge in [0, 0.05) is 29.5 Å². The third kappa shape index (κ3) is 5.01. The second-order valence-corrected chi connectivity index (χ2v) is 10.1. The Morgan fingerprint density at radius 3 is 2.75 bits per heavy atom. The number of carbonyl (C=O) groups excluding carboxylic acids is 2. The van der Waals surface area contributed by atoms with E-state index in [9.17, 15) is 27.9 Å². The molecule has 5 rings (SSSR count). The van der Waals surface area contributed by atoms with E-state index in [0.717, 1.165) is 17.8 Å². The third-order valence-electron chi connectivity index (χ3n) is 6.14. The molecule has 0 unspecified atom stereocenters. The number of amides is 2. The summed E-state index contributed by atoms with van der Waals surface area (Å²) < 4.78 is 41.9. The van der Waals surface area contributed by atoms with E-state index in [-0.39, 0.29) is 39.9 Å². The molecule has 2 amide bonds. The van der Waals surface area contributed by atoms with Gasteiger partial charge in [-0.1, -0.05) is 23.7 Å². The number of fused-ring (bicyclic) bond motifs is 1. The largest absolute Gasteiger partial charge is 0.416 e. The van der Waals surface area contributed by atoms with Crippen LogP contribution >= 0.6 is 23.4 Å². The quantitative estimate of drug-likeness (QED) is 0.466. The zero-order valence-electron chi connectivity index (χ0n) is 18.6. The molecule has 0 saturated carbocycles. The lowest BCUT2D eigenvalue weighted by molar-refractivity contribution is -0.138. The minimum atomic E-state index is -4.55. The van der Waals surface area contributed by atoms with Crippen molar-refractivity contribution >= 4 is 51.5 Å². The molecule has 188 valence electrons. The van der Waals surface area contributed by atoms with E-state index in [2.05, 4.69) is 10.4 Å². The summed E-state index contributed by atoms with van der Waals surface area (Å²) in [5, 5.41) is 17.3. The molecule has 2 saturated heterocycles. The molecule has 0 radical (unpaired) electrons. The van der Waals surface area contributed by atoms with Crippen LogP contribution in [0.4, 0.5) is 18.0 Å². The van der Waals surface area contributed by atoms with Gasteiger partial charge < -0.3 is 10.4 Å². The van der Waals surface area contributed by atoms with E-state index in [4.69, 9.17) is 11.6 Å². The first-order valence-electron chi connectivity index (χ1n) is 11.1. The monoisotopic (exact) mass is 536 g/mol. The van der Waals surface area contributed by atoms with E-state index in [0.29, 0.717) is 29.4 Å². The second kappa shape index (κ2) is 9.55. The predicted molar refractivity (Wildman–Crippen MR) is 130 cm³/mol. The van der Waals surface area contributed by atoms with Gasteiger partial charge in [-0.2, -0.15) is 18.3 Å². The third-order valence-corrected chi connectivity index (χ3v) is 7.28. The molecule has 7 nitrogen and oxygen atoms in total. The standard InChI is InChI=1S/C24H20ClF3N4O3S/c25-16-3-2-14(19(7-16)24(26,27)28)11-32-20-4-1-13(5-15(20)9-30-32)6-21-22(34)31(23(35)36-21)12-17-8-18(33)10-29-17/h1-7,9,17-18,29,33H,8,10-12H2/t17-,18-/m0/s1. The van der Waals surface area contributed by atoms with Crippen molar-refractivity contribution in [2.24, 2.45) is 0 Å². The molecule has 3 aromatic rings. The molecule has 2 N–H and O–H groups in total. The molecule has 2 aliphatic rings. The van der Waals surface area contributed by atoms with Gasteiger partial charge in [0.15, 0.2) is 0 Å². The van der Waals surface area contributed by atoms with E-state index in [1.54, 1.807) is 30.5 Å². The number of thioether (sulfide) groups is 1. The molecular formula is C24H20ClF3N4O3S. The number of hydrogen-bond donors (Lipinski definition) is 2. The van der Waals surface area contributed by atoms with Gasteiger partial charge >= 0.3 is 6.18 Å². The number of benzene rings is 2. The normalized spacial score (nSPS) is 21.9. The molecular weight excluding hydrogens is 517 g/mol. The fraction of sp³-hybridized carbons (Fsp3) is 0.292. The molecule has 2 atom stereocenters. The van der Waals surface area contributed by atoms with E-state index < -0.39 is 23.8 Å². The van der Waals surface area contributed by atoms with Crippen molar-refractivity contribution in [3.63, 3.8) is 0 Å². The van der Waals surface area contributed by atoms with Crippen molar-refractivity contribution in [1.82, 2.24) is 20.0 Å². The first-order chi connectivity index (χ1) is 17.1. The summed E-state index contributed by atoms with van der Waals surface area (Å²) in [7, 11) is 0. The van der Waals surface area contributed by atoms with Crippen LogP contribution in [-0.4, -0.2) is 56.2 Å². The summed E-state index contributed by atoms with van der Waals surface area (Å²) in [6.07, 6.45) is -1.41. The molecule has 2 aromatic carbocycles. The summed E-state index contributed by atoms with van der Waals surface area (Å²) >= 11 is 6.62. The Balaban J connectivity index is 1.36. The molecule has 0 spiro atoms. The zero-order chi connectivity index (χ0) is 25.6. The highest BCUT2D eigenvalue weighted by Gasteiger charge is 2.38. The average Bonchev–Trinajstić information content (AvgIpc) is 3.48. The molecule has 3 heterocycles. The van der Waals surface area contributed by atoms with Crippen molar-refractivity contribution in [3.8, 4) is 0 Å². The fourth-order valence-electron chi connectivity index (χ4n) is 4.40. The van der Waals surface area contributed by atoms with E-state index in [1.807, 2.05) is 0 Å². The van der Waals surface area contributed by atoms with Crippen molar-refractivity contribution in [2.45, 2.75) is 31.3 Å². The van der Waals surface area contributed by atoms with Crippen molar-refractivity contribution in [2.75, 3.05) is 13.1 Å². The van der Waals surface area contributed by atoms with Gasteiger partial charge in [0.2, 0.25) is 0 Å². The number of carbonyl (C=O) groups is 2. The van der Waals surface area contributed by atoms with Gasteiger partial charge in [0.25, 0.3) is 11.1 Å². The van der Waals surface area contributed by atoms with Gasteiger partial charge in [-0.15, -0.1) is 0 Å². The van der Waals surface area contributed by atoms with Crippen LogP contribution in [0.5, 0.6) is 0 Å². The Kier molecular flexibility index (Phi) is 6.58. The predicted octanol–water partition coefficient (Wildman–Crippen LogP) is 4.52. The highest BCUT2D eigenvalue weighted by Crippen LogP contribution is 2.35. The second-order valence-electron chi connectivity index (χ2n) is 8.71. The summed E-state index contributed by atoms with van der Waals surface area (Å²) in [6, 6.07) is 8.70. The first-order valence-corrected chi connectivity index (χ1v) is 12.3. The van der Waals surface area contributed by atoms with Gasteiger partial charge in [0.1, 0.15) is 0 Å². The van der Waals surface area contributed by atoms with Crippen LogP contribution in [0.15, 0.2) is 47.5 Å². The van der Waals surface area contributed by atoms with Crippen LogP contribution in [0.2, 0.25) is 5.02 Å². The molecule has 36 heavy (non-hydrogen) atoms. The van der Waals surface area contributed by atoms with Gasteiger partial charge in [-0.05, 0) is 59.7 Å². The Labute approximate surface area is 212 Å². The van der Waals surface area contributed by atoms with Crippen molar-refractivity contribution in [1.29, 1.82) is 0 Å². The zero-order valence-corrected chi connectivity index (χ0v) is 20.2. The Morgan fingerprint density at radius 2 is 2.03 bits per heavy atom. The van der Waals surface area contributed by atoms with Crippen LogP contribution < -0.4 is 5.32 Å². The fourth-order valence-corrected chi connectivity index (χ4v) is 5.42. The summed E-state index contributed by atoms with van der Waals surface area (Å²) in [4.78, 5) is 26.7. The Bertz CT molecular complexity index is 1390. The molecule has 2 aliphatic heterocycles. The number of aliphatic hydroxyl groups excluding tert-OH is 1. The van der Waals surface area contributed by atoms with Crippen LogP contribution in [-0.2, 0) is 17.5 Å². The number of alkyl halides is 3. The van der Waals surface area contributed by atoms with Crippen LogP contribution in [0.3, 0.4) is 0 Å². The lowest BCUT2D eigenvalue weighted by Crippen LogP contribution is -2.39. The maximum atomic E-state index is 13.5. The topological polar surface area (TPSA) is 87.5 Å². The molecule has 12 heteroatoms. The van der Waals surface area contributed by atoms with Gasteiger partial charge in [-0.25, -0.2) is 0 Å². The summed E-state index contributed by atoms with van der Waals surface area (Å²) in [5.74, 6) is -0.397. The lowest BCUT2D eigenvalue weighted by Gasteiger charge is -2.17. The van der Waals surface area contributed by atoms with Crippen LogP contribution in [0, 0.1) is 0 Å². The number of hydrogen-bond acceptors (Lipinski definition) is 6. The van der Waals surface area contributed by atoms with Gasteiger partial charge in [-0.3, -0.25) is 19.2 Å². The van der Waals surface area contributed by atoms with Crippen molar-refractivity contribution in [3.05, 3.63) is 69.2 Å². The number of imide groups is 1. The lowest BCUT2D eigenvalue weighted by atomic mass is 10.1. The summed E-state index contributed by atoms with van der Waals surface area (Å²) in [5.41, 5.74) is 0.505. The van der Waals surface area contributed by atoms with E-state index >= 15 is 0 Å². The maximum absolute atomic E-state index is 13.5. The Hall–Kier alpha value is -2.86. The summed E-state index contributed by atoms with van der Waals surface area (Å²) in [6.45, 7) is 0.521. The number of aromatic nitrogens is 2. The maximum Gasteiger partial charge on any atom is 0.416 e. The van der Waals surface area contributed by atoms with Crippen LogP contribution in [0.25, 0.3) is 17.0 Å². The smallest absolute Gasteiger partial charge is 0.392 e. The minimum Gasteiger partial charge on any atom is -0.392 e. The van der Waals surface area contributed by atoms with Gasteiger partial charge in [0.05, 0.1) is 34.8 Å². The first kappa shape index (κ1) is 24.8. The number of nitrogens with zero attached hydrogens (tertiary/aromatic N) is 3. The highest BCUT2D eigenvalue weighted by molar-refractivity contribution is 8.18.